The fourth-order valence-corrected chi connectivity index (χ4v) is 2.44. The predicted molar refractivity (Wildman–Crippen MR) is 70.4 cm³/mol. The van der Waals surface area contributed by atoms with Crippen LogP contribution in [0.3, 0.4) is 0 Å². The van der Waals surface area contributed by atoms with E-state index < -0.39 is 38.7 Å². The van der Waals surface area contributed by atoms with Crippen molar-refractivity contribution in [1.82, 2.24) is 0 Å². The van der Waals surface area contributed by atoms with Crippen molar-refractivity contribution < 1.29 is 26.2 Å². The number of aliphatic imine (C=N–C) groups is 1. The van der Waals surface area contributed by atoms with E-state index in [4.69, 9.17) is 5.26 Å². The average molecular weight is 339 g/mol. The van der Waals surface area contributed by atoms with Crippen LogP contribution in [0.25, 0.3) is 0 Å². The second kappa shape index (κ2) is 6.05. The largest absolute Gasteiger partial charge is 0.459 e. The summed E-state index contributed by atoms with van der Waals surface area (Å²) < 4.78 is 78.5. The normalized spacial score (nSPS) is 22.3. The summed E-state index contributed by atoms with van der Waals surface area (Å²) in [6.45, 7) is 1.39. The molecule has 1 aliphatic rings. The number of nitriles is 1. The van der Waals surface area contributed by atoms with Gasteiger partial charge in [-0.1, -0.05) is 11.8 Å². The predicted octanol–water partition coefficient (Wildman–Crippen LogP) is 2.74. The summed E-state index contributed by atoms with van der Waals surface area (Å²) in [6, 6.07) is 0. The molecule has 0 aliphatic carbocycles. The molecule has 0 bridgehead atoms. The molecule has 0 spiro atoms. The zero-order chi connectivity index (χ0) is 17.2. The van der Waals surface area contributed by atoms with Crippen molar-refractivity contribution >= 4 is 15.9 Å². The van der Waals surface area contributed by atoms with E-state index in [0.29, 0.717) is 6.08 Å². The summed E-state index contributed by atoms with van der Waals surface area (Å²) in [6.07, 6.45) is -2.11. The van der Waals surface area contributed by atoms with Crippen LogP contribution in [-0.4, -0.2) is 34.0 Å². The molecule has 3 unspecified atom stereocenters. The number of rotatable bonds is 3. The molecule has 0 aromatic carbocycles. The van der Waals surface area contributed by atoms with E-state index >= 15 is 0 Å². The number of hydrogen-bond donors (Lipinski definition) is 0. The first-order valence-electron chi connectivity index (χ1n) is 5.73. The molecule has 0 aromatic rings. The highest BCUT2D eigenvalue weighted by molar-refractivity contribution is 7.93. The Balaban J connectivity index is 3.14. The molecule has 1 heterocycles. The van der Waals surface area contributed by atoms with E-state index in [1.807, 2.05) is 0 Å². The third kappa shape index (κ3) is 3.63. The van der Waals surface area contributed by atoms with Gasteiger partial charge in [0.25, 0.3) is 0 Å². The number of alkyl halides is 5. The average Bonchev–Trinajstić information content (AvgIpc) is 2.62. The molecular formula is C12H10F5N3OS. The number of halogens is 5. The quantitative estimate of drug-likeness (QED) is 0.451. The molecule has 120 valence electrons. The molecule has 0 saturated heterocycles. The molecule has 3 atom stereocenters. The second-order valence-electron chi connectivity index (χ2n) is 4.45. The Bertz CT molecular complexity index is 727. The second-order valence-corrected chi connectivity index (χ2v) is 7.10. The molecule has 1 aliphatic heterocycles. The topological polar surface area (TPSA) is 65.6 Å². The summed E-state index contributed by atoms with van der Waals surface area (Å²) in [7, 11) is -3.02. The minimum absolute atomic E-state index is 0.371. The van der Waals surface area contributed by atoms with Gasteiger partial charge in [-0.25, -0.2) is 4.21 Å². The number of allylic oxidation sites excluding steroid dienone is 2. The van der Waals surface area contributed by atoms with E-state index in [1.54, 1.807) is 0 Å². The Labute approximate surface area is 123 Å². The highest BCUT2D eigenvalue weighted by Crippen LogP contribution is 2.41. The van der Waals surface area contributed by atoms with Crippen molar-refractivity contribution in [1.29, 1.82) is 5.26 Å². The standard InChI is InChI=1S/C12H10F5N3OS/c1-8(22(2,21)20-7-18)9-4-3-5-10(19-6-9)11(13,14)12(15,16)17/h5-6,8-9H,1-2H3. The highest BCUT2D eigenvalue weighted by atomic mass is 32.2. The van der Waals surface area contributed by atoms with Crippen LogP contribution in [0.15, 0.2) is 21.1 Å². The molecule has 0 radical (unpaired) electrons. The van der Waals surface area contributed by atoms with Gasteiger partial charge in [0.15, 0.2) is 0 Å². The lowest BCUT2D eigenvalue weighted by Crippen LogP contribution is -2.37. The lowest BCUT2D eigenvalue weighted by Gasteiger charge is -2.19. The van der Waals surface area contributed by atoms with Crippen LogP contribution < -0.4 is 0 Å². The smallest absolute Gasteiger partial charge is 0.257 e. The SMILES string of the molecule is CC(C1C#CC=C(C(F)(F)C(F)(F)F)N=C1)S(C)(=O)=NC#N. The van der Waals surface area contributed by atoms with Crippen LogP contribution in [-0.2, 0) is 9.73 Å². The monoisotopic (exact) mass is 339 g/mol. The van der Waals surface area contributed by atoms with Crippen LogP contribution in [0, 0.1) is 29.2 Å². The van der Waals surface area contributed by atoms with Crippen LogP contribution in [0.2, 0.25) is 0 Å². The molecule has 0 aromatic heterocycles. The summed E-state index contributed by atoms with van der Waals surface area (Å²) >= 11 is 0. The summed E-state index contributed by atoms with van der Waals surface area (Å²) in [5.41, 5.74) is -1.54. The lowest BCUT2D eigenvalue weighted by molar-refractivity contribution is -0.264. The van der Waals surface area contributed by atoms with Gasteiger partial charge in [-0.05, 0) is 6.92 Å². The Morgan fingerprint density at radius 2 is 2.05 bits per heavy atom. The van der Waals surface area contributed by atoms with Gasteiger partial charge in [0.2, 0.25) is 6.19 Å². The Hall–Kier alpha value is -1.94. The van der Waals surface area contributed by atoms with E-state index in [-0.39, 0.29) is 0 Å². The molecule has 1 rings (SSSR count). The maximum atomic E-state index is 13.2. The van der Waals surface area contributed by atoms with Gasteiger partial charge in [0.1, 0.15) is 5.70 Å². The first kappa shape index (κ1) is 18.1. The fraction of sp³-hybridized carbons (Fsp3) is 0.500. The van der Waals surface area contributed by atoms with Crippen molar-refractivity contribution in [2.75, 3.05) is 6.26 Å². The first-order chi connectivity index (χ1) is 9.93. The molecular weight excluding hydrogens is 329 g/mol. The Morgan fingerprint density at radius 3 is 2.55 bits per heavy atom. The van der Waals surface area contributed by atoms with Gasteiger partial charge < -0.3 is 0 Å². The van der Waals surface area contributed by atoms with Gasteiger partial charge in [-0.15, -0.1) is 4.36 Å². The summed E-state index contributed by atoms with van der Waals surface area (Å²) in [4.78, 5) is 3.13. The maximum Gasteiger partial charge on any atom is 0.459 e. The van der Waals surface area contributed by atoms with Crippen molar-refractivity contribution in [3.05, 3.63) is 11.8 Å². The summed E-state index contributed by atoms with van der Waals surface area (Å²) in [5.74, 6) is -1.69. The molecule has 0 amide bonds. The lowest BCUT2D eigenvalue weighted by atomic mass is 10.1. The van der Waals surface area contributed by atoms with Crippen LogP contribution >= 0.6 is 0 Å². The fourth-order valence-electron chi connectivity index (χ4n) is 1.43. The van der Waals surface area contributed by atoms with Gasteiger partial charge in [0.05, 0.1) is 20.9 Å². The Kier molecular flexibility index (Phi) is 4.98. The molecule has 0 saturated carbocycles. The third-order valence-electron chi connectivity index (χ3n) is 2.93. The van der Waals surface area contributed by atoms with Crippen molar-refractivity contribution in [3.8, 4) is 18.0 Å². The molecule has 0 N–H and O–H groups in total. The van der Waals surface area contributed by atoms with Crippen LogP contribution in [0.4, 0.5) is 22.0 Å². The van der Waals surface area contributed by atoms with Gasteiger partial charge in [0, 0.05) is 18.5 Å². The molecule has 0 fully saturated rings. The minimum atomic E-state index is -5.79. The number of hydrogen-bond acceptors (Lipinski definition) is 4. The van der Waals surface area contributed by atoms with Crippen molar-refractivity contribution in [2.45, 2.75) is 24.3 Å². The maximum absolute atomic E-state index is 13.2. The van der Waals surface area contributed by atoms with Gasteiger partial charge in [-0.2, -0.15) is 27.2 Å². The van der Waals surface area contributed by atoms with Crippen LogP contribution in [0.1, 0.15) is 6.92 Å². The minimum Gasteiger partial charge on any atom is -0.257 e. The molecule has 22 heavy (non-hydrogen) atoms. The van der Waals surface area contributed by atoms with E-state index in [2.05, 4.69) is 21.2 Å². The third-order valence-corrected chi connectivity index (χ3v) is 5.05. The highest BCUT2D eigenvalue weighted by Gasteiger charge is 2.60. The molecule has 4 nitrogen and oxygen atoms in total. The van der Waals surface area contributed by atoms with Gasteiger partial charge in [-0.3, -0.25) is 4.99 Å². The van der Waals surface area contributed by atoms with Crippen molar-refractivity contribution in [3.63, 3.8) is 0 Å². The van der Waals surface area contributed by atoms with E-state index in [9.17, 15) is 26.2 Å². The Morgan fingerprint density at radius 1 is 1.45 bits per heavy atom. The van der Waals surface area contributed by atoms with Gasteiger partial charge >= 0.3 is 12.1 Å². The van der Waals surface area contributed by atoms with E-state index in [0.717, 1.165) is 6.21 Å². The zero-order valence-corrected chi connectivity index (χ0v) is 12.2. The zero-order valence-electron chi connectivity index (χ0n) is 11.4. The van der Waals surface area contributed by atoms with E-state index in [1.165, 1.54) is 19.4 Å². The van der Waals surface area contributed by atoms with Crippen LogP contribution in [0.5, 0.6) is 0 Å². The molecule has 10 heteroatoms. The summed E-state index contributed by atoms with van der Waals surface area (Å²) in [5, 5.41) is 7.56. The first-order valence-corrected chi connectivity index (χ1v) is 7.71. The number of nitrogens with zero attached hydrogens (tertiary/aromatic N) is 3. The van der Waals surface area contributed by atoms with Crippen molar-refractivity contribution in [2.24, 2.45) is 15.3 Å².